The van der Waals surface area contributed by atoms with E-state index in [1.807, 2.05) is 0 Å². The molecule has 0 bridgehead atoms. The lowest BCUT2D eigenvalue weighted by Crippen LogP contribution is -2.04. The van der Waals surface area contributed by atoms with Crippen molar-refractivity contribution in [2.45, 2.75) is 25.7 Å². The van der Waals surface area contributed by atoms with Gasteiger partial charge >= 0.3 is 0 Å². The summed E-state index contributed by atoms with van der Waals surface area (Å²) in [6.07, 6.45) is 4.96. The summed E-state index contributed by atoms with van der Waals surface area (Å²) < 4.78 is 5.08. The largest absolute Gasteiger partial charge is 0.497 e. The van der Waals surface area contributed by atoms with Crippen molar-refractivity contribution in [3.63, 3.8) is 0 Å². The molecular formula is C13H18N2O3. The molecule has 0 heterocycles. The standard InChI is InChI=1S/C13H18N2O3/c1-18-11-6-7-13(15(16)17)12(9-11)14-8-2-3-10-4-5-10/h6-7,9-10,14H,2-5,8H2,1H3. The molecule has 5 heteroatoms. The molecule has 5 nitrogen and oxygen atoms in total. The molecule has 1 aliphatic rings. The molecule has 0 saturated heterocycles. The van der Waals surface area contributed by atoms with E-state index in [1.165, 1.54) is 25.3 Å². The number of hydrogen-bond acceptors (Lipinski definition) is 4. The fourth-order valence-electron chi connectivity index (χ4n) is 1.96. The SMILES string of the molecule is COc1ccc([N+](=O)[O-])c(NCCCC2CC2)c1. The molecule has 0 spiro atoms. The number of benzene rings is 1. The summed E-state index contributed by atoms with van der Waals surface area (Å²) in [7, 11) is 1.55. The average molecular weight is 250 g/mol. The molecule has 1 aromatic carbocycles. The third-order valence-corrected chi connectivity index (χ3v) is 3.20. The second-order valence-electron chi connectivity index (χ2n) is 4.65. The molecule has 1 aromatic rings. The summed E-state index contributed by atoms with van der Waals surface area (Å²) in [6.45, 7) is 0.768. The van der Waals surface area contributed by atoms with Crippen molar-refractivity contribution in [3.05, 3.63) is 28.3 Å². The predicted octanol–water partition coefficient (Wildman–Crippen LogP) is 3.21. The Bertz CT molecular complexity index is 430. The highest BCUT2D eigenvalue weighted by molar-refractivity contribution is 5.64. The van der Waals surface area contributed by atoms with Crippen LogP contribution in [0.15, 0.2) is 18.2 Å². The molecule has 0 aliphatic heterocycles. The normalized spacial score (nSPS) is 14.3. The van der Waals surface area contributed by atoms with Crippen molar-refractivity contribution in [2.75, 3.05) is 19.0 Å². The van der Waals surface area contributed by atoms with E-state index in [1.54, 1.807) is 19.2 Å². The molecule has 1 fully saturated rings. The summed E-state index contributed by atoms with van der Waals surface area (Å²) in [5.41, 5.74) is 0.636. The second kappa shape index (κ2) is 5.71. The van der Waals surface area contributed by atoms with E-state index in [9.17, 15) is 10.1 Å². The van der Waals surface area contributed by atoms with Crippen LogP contribution in [0.5, 0.6) is 5.75 Å². The molecule has 2 rings (SSSR count). The molecule has 0 aromatic heterocycles. The smallest absolute Gasteiger partial charge is 0.292 e. The maximum absolute atomic E-state index is 10.9. The number of ether oxygens (including phenoxy) is 1. The van der Waals surface area contributed by atoms with Gasteiger partial charge in [-0.1, -0.05) is 12.8 Å². The van der Waals surface area contributed by atoms with Crippen LogP contribution in [0.4, 0.5) is 11.4 Å². The van der Waals surface area contributed by atoms with Crippen LogP contribution in [0.3, 0.4) is 0 Å². The Morgan fingerprint density at radius 1 is 1.50 bits per heavy atom. The molecule has 1 aliphatic carbocycles. The second-order valence-corrected chi connectivity index (χ2v) is 4.65. The van der Waals surface area contributed by atoms with Crippen molar-refractivity contribution < 1.29 is 9.66 Å². The Balaban J connectivity index is 1.95. The number of nitrogens with zero attached hydrogens (tertiary/aromatic N) is 1. The molecule has 98 valence electrons. The van der Waals surface area contributed by atoms with Crippen LogP contribution < -0.4 is 10.1 Å². The van der Waals surface area contributed by atoms with Crippen molar-refractivity contribution >= 4 is 11.4 Å². The van der Waals surface area contributed by atoms with E-state index >= 15 is 0 Å². The zero-order chi connectivity index (χ0) is 13.0. The van der Waals surface area contributed by atoms with Gasteiger partial charge in [-0.3, -0.25) is 10.1 Å². The van der Waals surface area contributed by atoms with E-state index in [4.69, 9.17) is 4.74 Å². The molecule has 0 unspecified atom stereocenters. The van der Waals surface area contributed by atoms with E-state index in [2.05, 4.69) is 5.32 Å². The summed E-state index contributed by atoms with van der Waals surface area (Å²) >= 11 is 0. The number of nitro groups is 1. The van der Waals surface area contributed by atoms with Gasteiger partial charge in [-0.15, -0.1) is 0 Å². The van der Waals surface area contributed by atoms with Crippen LogP contribution in [0.2, 0.25) is 0 Å². The van der Waals surface area contributed by atoms with Crippen LogP contribution in [-0.2, 0) is 0 Å². The summed E-state index contributed by atoms with van der Waals surface area (Å²) in [5.74, 6) is 1.53. The molecule has 0 amide bonds. The maximum atomic E-state index is 10.9. The van der Waals surface area contributed by atoms with Crippen LogP contribution in [-0.4, -0.2) is 18.6 Å². The zero-order valence-corrected chi connectivity index (χ0v) is 10.5. The number of hydrogen-bond donors (Lipinski definition) is 1. The molecule has 0 radical (unpaired) electrons. The Morgan fingerprint density at radius 2 is 2.28 bits per heavy atom. The Morgan fingerprint density at radius 3 is 2.89 bits per heavy atom. The van der Waals surface area contributed by atoms with Crippen molar-refractivity contribution in [3.8, 4) is 5.75 Å². The Labute approximate surface area is 106 Å². The van der Waals surface area contributed by atoms with Gasteiger partial charge in [0, 0.05) is 18.7 Å². The van der Waals surface area contributed by atoms with Crippen LogP contribution in [0.1, 0.15) is 25.7 Å². The van der Waals surface area contributed by atoms with E-state index in [-0.39, 0.29) is 10.6 Å². The first kappa shape index (κ1) is 12.7. The Kier molecular flexibility index (Phi) is 4.02. The Hall–Kier alpha value is -1.78. The van der Waals surface area contributed by atoms with Crippen LogP contribution >= 0.6 is 0 Å². The number of nitro benzene ring substituents is 1. The van der Waals surface area contributed by atoms with E-state index in [0.29, 0.717) is 11.4 Å². The van der Waals surface area contributed by atoms with Gasteiger partial charge in [-0.05, 0) is 24.8 Å². The lowest BCUT2D eigenvalue weighted by molar-refractivity contribution is -0.384. The lowest BCUT2D eigenvalue weighted by atomic mass is 10.2. The fourth-order valence-corrected chi connectivity index (χ4v) is 1.96. The van der Waals surface area contributed by atoms with Gasteiger partial charge < -0.3 is 10.1 Å². The highest BCUT2D eigenvalue weighted by atomic mass is 16.6. The first-order valence-corrected chi connectivity index (χ1v) is 6.27. The predicted molar refractivity (Wildman–Crippen MR) is 70.1 cm³/mol. The molecule has 0 atom stereocenters. The van der Waals surface area contributed by atoms with Crippen LogP contribution in [0, 0.1) is 16.0 Å². The third-order valence-electron chi connectivity index (χ3n) is 3.20. The minimum absolute atomic E-state index is 0.0993. The van der Waals surface area contributed by atoms with Gasteiger partial charge in [-0.2, -0.15) is 0 Å². The van der Waals surface area contributed by atoms with Gasteiger partial charge in [0.05, 0.1) is 12.0 Å². The topological polar surface area (TPSA) is 64.4 Å². The van der Waals surface area contributed by atoms with Gasteiger partial charge in [-0.25, -0.2) is 0 Å². The molecule has 1 N–H and O–H groups in total. The number of methoxy groups -OCH3 is 1. The zero-order valence-electron chi connectivity index (χ0n) is 10.5. The molecule has 1 saturated carbocycles. The third kappa shape index (κ3) is 3.35. The van der Waals surface area contributed by atoms with E-state index in [0.717, 1.165) is 18.9 Å². The summed E-state index contributed by atoms with van der Waals surface area (Å²) in [6, 6.07) is 4.75. The van der Waals surface area contributed by atoms with Crippen LogP contribution in [0.25, 0.3) is 0 Å². The van der Waals surface area contributed by atoms with Gasteiger partial charge in [0.1, 0.15) is 11.4 Å². The monoisotopic (exact) mass is 250 g/mol. The highest BCUT2D eigenvalue weighted by Gasteiger charge is 2.20. The fraction of sp³-hybridized carbons (Fsp3) is 0.538. The number of rotatable bonds is 7. The first-order chi connectivity index (χ1) is 8.70. The summed E-state index contributed by atoms with van der Waals surface area (Å²) in [5, 5.41) is 14.0. The quantitative estimate of drug-likeness (QED) is 0.458. The molecule has 18 heavy (non-hydrogen) atoms. The average Bonchev–Trinajstić information content (AvgIpc) is 3.18. The molecular weight excluding hydrogens is 232 g/mol. The minimum atomic E-state index is -0.372. The van der Waals surface area contributed by atoms with Gasteiger partial charge in [0.25, 0.3) is 5.69 Å². The van der Waals surface area contributed by atoms with Gasteiger partial charge in [0.15, 0.2) is 0 Å². The highest BCUT2D eigenvalue weighted by Crippen LogP contribution is 2.33. The minimum Gasteiger partial charge on any atom is -0.497 e. The van der Waals surface area contributed by atoms with Crippen molar-refractivity contribution in [1.29, 1.82) is 0 Å². The maximum Gasteiger partial charge on any atom is 0.292 e. The summed E-state index contributed by atoms with van der Waals surface area (Å²) in [4.78, 5) is 10.5. The van der Waals surface area contributed by atoms with Crippen molar-refractivity contribution in [1.82, 2.24) is 0 Å². The number of nitrogens with one attached hydrogen (secondary N) is 1. The number of anilines is 1. The lowest BCUT2D eigenvalue weighted by Gasteiger charge is -2.08. The first-order valence-electron chi connectivity index (χ1n) is 6.27. The van der Waals surface area contributed by atoms with Crippen molar-refractivity contribution in [2.24, 2.45) is 5.92 Å². The van der Waals surface area contributed by atoms with Gasteiger partial charge in [0.2, 0.25) is 0 Å². The van der Waals surface area contributed by atoms with E-state index < -0.39 is 0 Å².